The zero-order chi connectivity index (χ0) is 21.5. The first kappa shape index (κ1) is 21.6. The lowest BCUT2D eigenvalue weighted by Gasteiger charge is -2.14. The van der Waals surface area contributed by atoms with Gasteiger partial charge in [0.1, 0.15) is 0 Å². The number of carbonyl (C=O) groups excluding carboxylic acids is 4. The fourth-order valence-corrected chi connectivity index (χ4v) is 3.61. The molecule has 0 saturated heterocycles. The number of ether oxygens (including phenoxy) is 2. The molecule has 0 spiro atoms. The number of aryl methyl sites for hydroxylation is 1. The van der Waals surface area contributed by atoms with E-state index in [1.807, 2.05) is 24.3 Å². The van der Waals surface area contributed by atoms with E-state index in [0.717, 1.165) is 15.4 Å². The average molecular weight is 427 g/mol. The molecule has 0 fully saturated rings. The van der Waals surface area contributed by atoms with Gasteiger partial charge in [0.15, 0.2) is 6.73 Å². The number of hydrogen-bond donors (Lipinski definition) is 0. The number of nitrogens with zero attached hydrogens (tertiary/aromatic N) is 1. The van der Waals surface area contributed by atoms with Gasteiger partial charge >= 0.3 is 11.9 Å². The monoisotopic (exact) mass is 427 g/mol. The predicted molar refractivity (Wildman–Crippen MR) is 110 cm³/mol. The molecule has 0 unspecified atom stereocenters. The Morgan fingerprint density at radius 1 is 0.900 bits per heavy atom. The summed E-state index contributed by atoms with van der Waals surface area (Å²) in [7, 11) is 0. The molecule has 2 amide bonds. The minimum atomic E-state index is -0.493. The number of rotatable bonds is 9. The zero-order valence-electron chi connectivity index (χ0n) is 16.5. The van der Waals surface area contributed by atoms with E-state index in [9.17, 15) is 19.2 Å². The topological polar surface area (TPSA) is 90.0 Å². The molecular weight excluding hydrogens is 406 g/mol. The van der Waals surface area contributed by atoms with Crippen molar-refractivity contribution in [2.24, 2.45) is 0 Å². The highest BCUT2D eigenvalue weighted by atomic mass is 32.2. The molecule has 0 N–H and O–H groups in total. The van der Waals surface area contributed by atoms with Crippen LogP contribution in [0.3, 0.4) is 0 Å². The van der Waals surface area contributed by atoms with Crippen molar-refractivity contribution in [2.45, 2.75) is 24.7 Å². The first-order chi connectivity index (χ1) is 14.5. The molecule has 8 heteroatoms. The maximum atomic E-state index is 12.2. The number of fused-ring (bicyclic) bond motifs is 1. The molecular formula is C22H21NO6S. The van der Waals surface area contributed by atoms with Crippen molar-refractivity contribution in [3.05, 3.63) is 65.2 Å². The fraction of sp³-hybridized carbons (Fsp3) is 0.273. The highest BCUT2D eigenvalue weighted by molar-refractivity contribution is 8.00. The number of imide groups is 1. The number of hydrogen-bond acceptors (Lipinski definition) is 7. The average Bonchev–Trinajstić information content (AvgIpc) is 3.00. The van der Waals surface area contributed by atoms with Gasteiger partial charge < -0.3 is 9.47 Å². The Balaban J connectivity index is 1.42. The molecule has 30 heavy (non-hydrogen) atoms. The molecule has 2 aromatic carbocycles. The second kappa shape index (κ2) is 10.1. The Kier molecular flexibility index (Phi) is 7.24. The van der Waals surface area contributed by atoms with E-state index >= 15 is 0 Å². The normalized spacial score (nSPS) is 12.6. The lowest BCUT2D eigenvalue weighted by molar-refractivity contribution is -0.146. The summed E-state index contributed by atoms with van der Waals surface area (Å²) in [6.45, 7) is 1.73. The Labute approximate surface area is 178 Å². The van der Waals surface area contributed by atoms with Crippen molar-refractivity contribution >= 4 is 35.5 Å². The molecule has 0 radical (unpaired) electrons. The molecule has 0 bridgehead atoms. The van der Waals surface area contributed by atoms with Crippen LogP contribution >= 0.6 is 11.8 Å². The molecule has 7 nitrogen and oxygen atoms in total. The number of amides is 2. The Bertz CT molecular complexity index is 921. The Morgan fingerprint density at radius 2 is 1.53 bits per heavy atom. The molecule has 0 aliphatic carbocycles. The third-order valence-corrected chi connectivity index (χ3v) is 5.42. The predicted octanol–water partition coefficient (Wildman–Crippen LogP) is 3.07. The van der Waals surface area contributed by atoms with Gasteiger partial charge in [-0.1, -0.05) is 24.3 Å². The quantitative estimate of drug-likeness (QED) is 0.345. The molecule has 156 valence electrons. The maximum Gasteiger partial charge on any atom is 0.316 e. The first-order valence-electron chi connectivity index (χ1n) is 9.47. The van der Waals surface area contributed by atoms with Crippen LogP contribution in [0.2, 0.25) is 0 Å². The van der Waals surface area contributed by atoms with Gasteiger partial charge in [0.05, 0.1) is 23.5 Å². The second-order valence-corrected chi connectivity index (χ2v) is 7.52. The van der Waals surface area contributed by atoms with Crippen LogP contribution in [0.5, 0.6) is 0 Å². The van der Waals surface area contributed by atoms with E-state index in [2.05, 4.69) is 0 Å². The number of benzene rings is 2. The van der Waals surface area contributed by atoms with Crippen molar-refractivity contribution in [1.29, 1.82) is 0 Å². The van der Waals surface area contributed by atoms with E-state index in [0.29, 0.717) is 24.2 Å². The van der Waals surface area contributed by atoms with Gasteiger partial charge in [-0.05, 0) is 43.2 Å². The van der Waals surface area contributed by atoms with Crippen LogP contribution in [0.25, 0.3) is 0 Å². The zero-order valence-corrected chi connectivity index (χ0v) is 17.3. The third kappa shape index (κ3) is 5.27. The van der Waals surface area contributed by atoms with Crippen molar-refractivity contribution in [3.63, 3.8) is 0 Å². The van der Waals surface area contributed by atoms with Crippen LogP contribution in [0, 0.1) is 0 Å². The van der Waals surface area contributed by atoms with Gasteiger partial charge in [0, 0.05) is 11.3 Å². The summed E-state index contributed by atoms with van der Waals surface area (Å²) >= 11 is 1.38. The standard InChI is InChI=1S/C22H21NO6S/c1-2-28-20(25)13-30-16-10-7-15(8-11-16)9-12-19(24)29-14-23-21(26)17-5-3-4-6-18(17)22(23)27/h3-8,10-11H,2,9,12-14H2,1H3. The van der Waals surface area contributed by atoms with E-state index in [1.165, 1.54) is 11.8 Å². The van der Waals surface area contributed by atoms with Gasteiger partial charge in [-0.25, -0.2) is 4.90 Å². The third-order valence-electron chi connectivity index (χ3n) is 4.44. The van der Waals surface area contributed by atoms with Crippen LogP contribution in [-0.4, -0.2) is 47.7 Å². The maximum absolute atomic E-state index is 12.2. The Morgan fingerprint density at radius 3 is 2.13 bits per heavy atom. The van der Waals surface area contributed by atoms with E-state index in [-0.39, 0.29) is 18.1 Å². The van der Waals surface area contributed by atoms with Crippen LogP contribution in [0.4, 0.5) is 0 Å². The highest BCUT2D eigenvalue weighted by Crippen LogP contribution is 2.22. The van der Waals surface area contributed by atoms with E-state index < -0.39 is 24.5 Å². The van der Waals surface area contributed by atoms with Crippen molar-refractivity contribution in [1.82, 2.24) is 4.90 Å². The minimum absolute atomic E-state index is 0.123. The molecule has 0 atom stereocenters. The minimum Gasteiger partial charge on any atom is -0.465 e. The summed E-state index contributed by atoms with van der Waals surface area (Å²) in [5.41, 5.74) is 1.58. The van der Waals surface area contributed by atoms with E-state index in [4.69, 9.17) is 9.47 Å². The summed E-state index contributed by atoms with van der Waals surface area (Å²) in [5, 5.41) is 0. The molecule has 0 aromatic heterocycles. The number of esters is 2. The van der Waals surface area contributed by atoms with Crippen LogP contribution in [-0.2, 0) is 25.5 Å². The summed E-state index contributed by atoms with van der Waals surface area (Å²) in [4.78, 5) is 49.8. The summed E-state index contributed by atoms with van der Waals surface area (Å²) < 4.78 is 10.0. The van der Waals surface area contributed by atoms with E-state index in [1.54, 1.807) is 31.2 Å². The molecule has 1 aliphatic heterocycles. The summed E-state index contributed by atoms with van der Waals surface area (Å²) in [5.74, 6) is -1.42. The van der Waals surface area contributed by atoms with Crippen molar-refractivity contribution in [3.8, 4) is 0 Å². The summed E-state index contributed by atoms with van der Waals surface area (Å²) in [6, 6.07) is 14.0. The van der Waals surface area contributed by atoms with Crippen LogP contribution < -0.4 is 0 Å². The lowest BCUT2D eigenvalue weighted by atomic mass is 10.1. The molecule has 2 aromatic rings. The SMILES string of the molecule is CCOC(=O)CSc1ccc(CCC(=O)OCN2C(=O)c3ccccc3C2=O)cc1. The van der Waals surface area contributed by atoms with Crippen molar-refractivity contribution < 1.29 is 28.7 Å². The molecule has 3 rings (SSSR count). The smallest absolute Gasteiger partial charge is 0.316 e. The van der Waals surface area contributed by atoms with Gasteiger partial charge in [-0.3, -0.25) is 19.2 Å². The van der Waals surface area contributed by atoms with Gasteiger partial charge in [0.25, 0.3) is 11.8 Å². The van der Waals surface area contributed by atoms with Crippen LogP contribution in [0.1, 0.15) is 39.6 Å². The van der Waals surface area contributed by atoms with Gasteiger partial charge in [0.2, 0.25) is 0 Å². The number of carbonyl (C=O) groups is 4. The molecule has 1 aliphatic rings. The first-order valence-corrected chi connectivity index (χ1v) is 10.5. The lowest BCUT2D eigenvalue weighted by Crippen LogP contribution is -2.33. The Hall–Kier alpha value is -3.13. The molecule has 1 heterocycles. The summed E-state index contributed by atoms with van der Waals surface area (Å²) in [6.07, 6.45) is 0.586. The van der Waals surface area contributed by atoms with Gasteiger partial charge in [-0.2, -0.15) is 0 Å². The van der Waals surface area contributed by atoms with Crippen molar-refractivity contribution in [2.75, 3.05) is 19.1 Å². The van der Waals surface area contributed by atoms with Gasteiger partial charge in [-0.15, -0.1) is 11.8 Å². The number of thioether (sulfide) groups is 1. The second-order valence-electron chi connectivity index (χ2n) is 6.47. The molecule has 0 saturated carbocycles. The highest BCUT2D eigenvalue weighted by Gasteiger charge is 2.35. The fourth-order valence-electron chi connectivity index (χ4n) is 2.91. The van der Waals surface area contributed by atoms with Crippen LogP contribution in [0.15, 0.2) is 53.4 Å². The largest absolute Gasteiger partial charge is 0.465 e.